The summed E-state index contributed by atoms with van der Waals surface area (Å²) in [7, 11) is 0. The molecule has 11 rings (SSSR count). The number of hydrogen-bond donors (Lipinski definition) is 0. The number of nitrogens with zero attached hydrogens (tertiary/aromatic N) is 1. The third kappa shape index (κ3) is 4.69. The van der Waals surface area contributed by atoms with E-state index in [0.717, 1.165) is 33.3 Å². The molecule has 1 aromatic heterocycles. The van der Waals surface area contributed by atoms with Gasteiger partial charge in [-0.2, -0.15) is 0 Å². The molecule has 0 fully saturated rings. The van der Waals surface area contributed by atoms with Gasteiger partial charge in [0.15, 0.2) is 0 Å². The molecule has 2 aliphatic carbocycles. The van der Waals surface area contributed by atoms with Gasteiger partial charge in [0, 0.05) is 33.0 Å². The molecule has 2 aliphatic rings. The normalized spacial score (nSPS) is 14.4. The van der Waals surface area contributed by atoms with Crippen LogP contribution in [0.2, 0.25) is 0 Å². The van der Waals surface area contributed by atoms with E-state index in [9.17, 15) is 0 Å². The van der Waals surface area contributed by atoms with E-state index in [4.69, 9.17) is 4.42 Å². The highest BCUT2D eigenvalue weighted by Gasteiger charge is 2.39. The van der Waals surface area contributed by atoms with Crippen molar-refractivity contribution in [3.05, 3.63) is 198 Å². The molecule has 0 saturated carbocycles. The van der Waals surface area contributed by atoms with E-state index in [-0.39, 0.29) is 10.8 Å². The molecule has 0 aliphatic heterocycles. The summed E-state index contributed by atoms with van der Waals surface area (Å²) < 4.78 is 6.15. The SMILES string of the molecule is CC1(C)c2ccccc2-c2cccc(-c3ccc(N(c4ccc(-c5ccc6oc7ccccc7c6c5)cc4)c4cccc5c4C(C)(C)c4ccccc4-5)cc3)c21. The van der Waals surface area contributed by atoms with E-state index in [0.29, 0.717) is 0 Å². The lowest BCUT2D eigenvalue weighted by molar-refractivity contribution is 0.661. The van der Waals surface area contributed by atoms with Crippen LogP contribution in [0.1, 0.15) is 49.9 Å². The Morgan fingerprint density at radius 1 is 0.375 bits per heavy atom. The molecule has 2 nitrogen and oxygen atoms in total. The van der Waals surface area contributed by atoms with E-state index in [2.05, 4.69) is 196 Å². The Kier molecular flexibility index (Phi) is 6.98. The summed E-state index contributed by atoms with van der Waals surface area (Å²) in [4.78, 5) is 2.46. The first-order chi connectivity index (χ1) is 27.3. The molecule has 0 N–H and O–H groups in total. The molecule has 9 aromatic rings. The van der Waals surface area contributed by atoms with Crippen molar-refractivity contribution in [3.63, 3.8) is 0 Å². The molecule has 0 saturated heterocycles. The van der Waals surface area contributed by atoms with Gasteiger partial charge in [-0.1, -0.05) is 155 Å². The second kappa shape index (κ2) is 11.9. The molecule has 0 spiro atoms. The first-order valence-electron chi connectivity index (χ1n) is 19.7. The Hall–Kier alpha value is -6.64. The van der Waals surface area contributed by atoms with Crippen LogP contribution in [-0.4, -0.2) is 0 Å². The van der Waals surface area contributed by atoms with Gasteiger partial charge in [-0.25, -0.2) is 0 Å². The predicted molar refractivity (Wildman–Crippen MR) is 234 cm³/mol. The molecule has 0 unspecified atom stereocenters. The van der Waals surface area contributed by atoms with Crippen LogP contribution in [0.15, 0.2) is 180 Å². The third-order valence-corrected chi connectivity index (χ3v) is 12.7. The van der Waals surface area contributed by atoms with Crippen LogP contribution in [0.5, 0.6) is 0 Å². The Bertz CT molecular complexity index is 3010. The van der Waals surface area contributed by atoms with Gasteiger partial charge in [-0.05, 0) is 115 Å². The van der Waals surface area contributed by atoms with Crippen LogP contribution in [0.25, 0.3) is 66.4 Å². The van der Waals surface area contributed by atoms with Crippen molar-refractivity contribution in [2.45, 2.75) is 38.5 Å². The molecular weight excluding hydrogens is 679 g/mol. The number of para-hydroxylation sites is 1. The van der Waals surface area contributed by atoms with E-state index >= 15 is 0 Å². The largest absolute Gasteiger partial charge is 0.456 e. The molecule has 0 atom stereocenters. The van der Waals surface area contributed by atoms with Crippen LogP contribution in [0, 0.1) is 0 Å². The quantitative estimate of drug-likeness (QED) is 0.176. The van der Waals surface area contributed by atoms with Crippen LogP contribution in [0.3, 0.4) is 0 Å². The molecule has 0 radical (unpaired) electrons. The van der Waals surface area contributed by atoms with E-state index < -0.39 is 0 Å². The lowest BCUT2D eigenvalue weighted by atomic mass is 9.79. The van der Waals surface area contributed by atoms with E-state index in [1.54, 1.807) is 0 Å². The smallest absolute Gasteiger partial charge is 0.135 e. The number of furan rings is 1. The van der Waals surface area contributed by atoms with E-state index in [1.807, 2.05) is 12.1 Å². The molecule has 0 bridgehead atoms. The Morgan fingerprint density at radius 2 is 0.875 bits per heavy atom. The van der Waals surface area contributed by atoms with Crippen molar-refractivity contribution in [1.29, 1.82) is 0 Å². The summed E-state index contributed by atoms with van der Waals surface area (Å²) >= 11 is 0. The fourth-order valence-electron chi connectivity index (χ4n) is 10.0. The Labute approximate surface area is 328 Å². The molecule has 8 aromatic carbocycles. The molecule has 1 heterocycles. The molecule has 268 valence electrons. The zero-order chi connectivity index (χ0) is 37.8. The maximum absolute atomic E-state index is 6.15. The highest BCUT2D eigenvalue weighted by atomic mass is 16.3. The summed E-state index contributed by atoms with van der Waals surface area (Å²) in [6, 6.07) is 64.6. The Morgan fingerprint density at radius 3 is 1.57 bits per heavy atom. The monoisotopic (exact) mass is 719 g/mol. The van der Waals surface area contributed by atoms with Crippen LogP contribution in [0.4, 0.5) is 17.1 Å². The van der Waals surface area contributed by atoms with Gasteiger partial charge < -0.3 is 9.32 Å². The van der Waals surface area contributed by atoms with Gasteiger partial charge >= 0.3 is 0 Å². The number of fused-ring (bicyclic) bond motifs is 9. The minimum Gasteiger partial charge on any atom is -0.456 e. The summed E-state index contributed by atoms with van der Waals surface area (Å²) in [5.41, 5.74) is 20.7. The summed E-state index contributed by atoms with van der Waals surface area (Å²) in [6.07, 6.45) is 0. The van der Waals surface area contributed by atoms with Crippen LogP contribution >= 0.6 is 0 Å². The zero-order valence-corrected chi connectivity index (χ0v) is 32.1. The van der Waals surface area contributed by atoms with Crippen molar-refractivity contribution in [1.82, 2.24) is 0 Å². The maximum Gasteiger partial charge on any atom is 0.135 e. The standard InChI is InChI=1S/C54H41NO/c1-53(2)46-19-8-5-13-40(46)43-17-11-16-39(51(43)53)35-25-30-38(31-26-35)55(48-21-12-18-44-41-14-6-9-20-47(41)54(3,4)52(44)48)37-28-23-34(24-29-37)36-27-32-50-45(33-36)42-15-7-10-22-49(42)56-50/h5-33H,1-4H3. The van der Waals surface area contributed by atoms with Gasteiger partial charge in [0.1, 0.15) is 11.2 Å². The maximum atomic E-state index is 6.15. The highest BCUT2D eigenvalue weighted by molar-refractivity contribution is 6.06. The van der Waals surface area contributed by atoms with Crippen molar-refractivity contribution < 1.29 is 4.42 Å². The second-order valence-corrected chi connectivity index (χ2v) is 16.5. The summed E-state index contributed by atoms with van der Waals surface area (Å²) in [5.74, 6) is 0. The predicted octanol–water partition coefficient (Wildman–Crippen LogP) is 15.0. The van der Waals surface area contributed by atoms with Gasteiger partial charge in [0.25, 0.3) is 0 Å². The lowest BCUT2D eigenvalue weighted by Crippen LogP contribution is -2.20. The van der Waals surface area contributed by atoms with Crippen LogP contribution < -0.4 is 4.90 Å². The van der Waals surface area contributed by atoms with Crippen molar-refractivity contribution in [2.24, 2.45) is 0 Å². The fourth-order valence-corrected chi connectivity index (χ4v) is 10.0. The van der Waals surface area contributed by atoms with Crippen molar-refractivity contribution in [2.75, 3.05) is 4.90 Å². The first-order valence-corrected chi connectivity index (χ1v) is 19.7. The van der Waals surface area contributed by atoms with Gasteiger partial charge in [0.05, 0.1) is 5.69 Å². The van der Waals surface area contributed by atoms with Gasteiger partial charge in [-0.15, -0.1) is 0 Å². The molecule has 0 amide bonds. The third-order valence-electron chi connectivity index (χ3n) is 12.7. The van der Waals surface area contributed by atoms with Crippen molar-refractivity contribution in [3.8, 4) is 44.5 Å². The van der Waals surface area contributed by atoms with Gasteiger partial charge in [-0.3, -0.25) is 0 Å². The zero-order valence-electron chi connectivity index (χ0n) is 32.1. The Balaban J connectivity index is 1.04. The second-order valence-electron chi connectivity index (χ2n) is 16.5. The lowest BCUT2D eigenvalue weighted by Gasteiger charge is -2.32. The topological polar surface area (TPSA) is 16.4 Å². The van der Waals surface area contributed by atoms with Gasteiger partial charge in [0.2, 0.25) is 0 Å². The number of hydrogen-bond acceptors (Lipinski definition) is 2. The van der Waals surface area contributed by atoms with Crippen molar-refractivity contribution >= 4 is 39.0 Å². The average Bonchev–Trinajstić information content (AvgIpc) is 3.81. The fraction of sp³-hybridized carbons (Fsp3) is 0.111. The summed E-state index contributed by atoms with van der Waals surface area (Å²) in [5, 5.41) is 2.28. The van der Waals surface area contributed by atoms with E-state index in [1.165, 1.54) is 72.4 Å². The minimum atomic E-state index is -0.172. The number of benzene rings is 8. The van der Waals surface area contributed by atoms with Crippen LogP contribution in [-0.2, 0) is 10.8 Å². The first kappa shape index (κ1) is 32.8. The molecule has 56 heavy (non-hydrogen) atoms. The molecular formula is C54H41NO. The highest BCUT2D eigenvalue weighted by Crippen LogP contribution is 2.55. The minimum absolute atomic E-state index is 0.0879. The molecule has 2 heteroatoms. The summed E-state index contributed by atoms with van der Waals surface area (Å²) in [6.45, 7) is 9.48. The number of rotatable bonds is 5. The average molecular weight is 720 g/mol. The number of anilines is 3.